The lowest BCUT2D eigenvalue weighted by molar-refractivity contribution is -0.105. The number of halogens is 4. The second-order valence-corrected chi connectivity index (χ2v) is 7.12. The van der Waals surface area contributed by atoms with E-state index in [0.717, 1.165) is 6.07 Å². The van der Waals surface area contributed by atoms with Crippen LogP contribution in [0.2, 0.25) is 0 Å². The summed E-state index contributed by atoms with van der Waals surface area (Å²) in [4.78, 5) is 19.2. The minimum absolute atomic E-state index is 0.0303. The average molecular weight is 459 g/mol. The fourth-order valence-electron chi connectivity index (χ4n) is 2.48. The number of rotatable bonds is 8. The summed E-state index contributed by atoms with van der Waals surface area (Å²) >= 11 is 3.29. The number of hydrogen-bond donors (Lipinski definition) is 3. The van der Waals surface area contributed by atoms with Gasteiger partial charge >= 0.3 is 0 Å². The highest BCUT2D eigenvalue weighted by Crippen LogP contribution is 2.31. The molecular weight excluding hydrogens is 441 g/mol. The Balaban J connectivity index is 2.41. The Kier molecular flexibility index (Phi) is 7.14. The zero-order chi connectivity index (χ0) is 20.9. The third-order valence-electron chi connectivity index (χ3n) is 3.71. The van der Waals surface area contributed by atoms with Crippen LogP contribution < -0.4 is 10.6 Å². The zero-order valence-corrected chi connectivity index (χ0v) is 16.6. The van der Waals surface area contributed by atoms with E-state index in [1.807, 2.05) is 0 Å². The van der Waals surface area contributed by atoms with Crippen molar-refractivity contribution < 1.29 is 23.1 Å². The molecule has 0 spiro atoms. The van der Waals surface area contributed by atoms with Crippen molar-refractivity contribution >= 4 is 40.1 Å². The van der Waals surface area contributed by atoms with Gasteiger partial charge in [-0.3, -0.25) is 4.79 Å². The maximum absolute atomic E-state index is 14.5. The summed E-state index contributed by atoms with van der Waals surface area (Å²) in [6.07, 6.45) is 2.12. The highest BCUT2D eigenvalue weighted by atomic mass is 79.9. The summed E-state index contributed by atoms with van der Waals surface area (Å²) in [5, 5.41) is 14.2. The van der Waals surface area contributed by atoms with E-state index in [2.05, 4.69) is 36.5 Å². The highest BCUT2D eigenvalue weighted by molar-refractivity contribution is 9.11. The first-order valence-electron chi connectivity index (χ1n) is 8.12. The van der Waals surface area contributed by atoms with Gasteiger partial charge in [0.2, 0.25) is 6.41 Å². The van der Waals surface area contributed by atoms with Crippen molar-refractivity contribution in [3.8, 4) is 0 Å². The maximum atomic E-state index is 14.5. The summed E-state index contributed by atoms with van der Waals surface area (Å²) in [5.74, 6) is -3.93. The van der Waals surface area contributed by atoms with Gasteiger partial charge in [-0.15, -0.1) is 0 Å². The van der Waals surface area contributed by atoms with Gasteiger partial charge in [0.05, 0.1) is 11.1 Å². The highest BCUT2D eigenvalue weighted by Gasteiger charge is 2.34. The van der Waals surface area contributed by atoms with Crippen molar-refractivity contribution in [3.63, 3.8) is 0 Å². The smallest absolute Gasteiger partial charge is 0.298 e. The Labute approximate surface area is 168 Å². The van der Waals surface area contributed by atoms with E-state index in [4.69, 9.17) is 5.11 Å². The van der Waals surface area contributed by atoms with Crippen molar-refractivity contribution in [2.75, 3.05) is 17.2 Å². The fraction of sp³-hybridized carbons (Fsp3) is 0.278. The molecule has 0 fully saturated rings. The number of nitrogens with zero attached hydrogens (tertiary/aromatic N) is 2. The Morgan fingerprint density at radius 3 is 2.61 bits per heavy atom. The van der Waals surface area contributed by atoms with E-state index in [0.29, 0.717) is 22.3 Å². The minimum Gasteiger partial charge on any atom is -0.390 e. The third kappa shape index (κ3) is 5.08. The molecule has 6 nitrogen and oxygen atoms in total. The van der Waals surface area contributed by atoms with Crippen LogP contribution in [0.1, 0.15) is 29.4 Å². The number of aromatic nitrogens is 2. The molecule has 2 aromatic rings. The minimum atomic E-state index is -3.69. The number of nitrogens with one attached hydrogen (secondary N) is 2. The van der Waals surface area contributed by atoms with Crippen LogP contribution in [0.3, 0.4) is 0 Å². The molecule has 10 heteroatoms. The van der Waals surface area contributed by atoms with Crippen LogP contribution in [0.4, 0.5) is 24.8 Å². The van der Waals surface area contributed by atoms with E-state index in [1.54, 1.807) is 19.9 Å². The molecule has 0 aliphatic heterocycles. The van der Waals surface area contributed by atoms with E-state index < -0.39 is 23.9 Å². The van der Waals surface area contributed by atoms with E-state index in [1.165, 1.54) is 12.1 Å². The summed E-state index contributed by atoms with van der Waals surface area (Å²) < 4.78 is 42.6. The van der Waals surface area contributed by atoms with Gasteiger partial charge in [-0.1, -0.05) is 28.1 Å². The first-order chi connectivity index (χ1) is 13.2. The van der Waals surface area contributed by atoms with Crippen LogP contribution >= 0.6 is 15.9 Å². The first kappa shape index (κ1) is 21.8. The number of carbonyl (C=O) groups is 1. The summed E-state index contributed by atoms with van der Waals surface area (Å²) in [6.45, 7) is 1.72. The van der Waals surface area contributed by atoms with Gasteiger partial charge in [-0.25, -0.2) is 14.4 Å². The van der Waals surface area contributed by atoms with Gasteiger partial charge in [0.15, 0.2) is 0 Å². The lowest BCUT2D eigenvalue weighted by atomic mass is 10.0. The molecule has 0 aliphatic rings. The number of aliphatic hydroxyl groups is 1. The standard InChI is InChI=1S/C18H18BrF3N4O2/c1-10(19)6-13-16(25-11(2)26-17(13)24-9-28)23-7-12-4-3-5-14(15(12)20)18(21,22)8-27/h3-6,9,27H,7-8H2,1-2H3,(H2,23,24,25,26,28)/b10-6+. The molecule has 28 heavy (non-hydrogen) atoms. The molecule has 3 N–H and O–H groups in total. The molecule has 0 bridgehead atoms. The average Bonchev–Trinajstić information content (AvgIpc) is 2.63. The number of amides is 1. The molecule has 1 aromatic heterocycles. The first-order valence-corrected chi connectivity index (χ1v) is 8.92. The summed E-state index contributed by atoms with van der Waals surface area (Å²) in [7, 11) is 0. The second-order valence-electron chi connectivity index (χ2n) is 5.87. The number of hydrogen-bond acceptors (Lipinski definition) is 5. The molecule has 0 atom stereocenters. The van der Waals surface area contributed by atoms with Crippen LogP contribution in [0, 0.1) is 12.7 Å². The van der Waals surface area contributed by atoms with Crippen molar-refractivity contribution in [2.24, 2.45) is 0 Å². The fourth-order valence-corrected chi connectivity index (χ4v) is 2.71. The van der Waals surface area contributed by atoms with Gasteiger partial charge in [0.25, 0.3) is 5.92 Å². The zero-order valence-electron chi connectivity index (χ0n) is 15.1. The molecular formula is C18H18BrF3N4O2. The number of anilines is 2. The predicted octanol–water partition coefficient (Wildman–Crippen LogP) is 3.94. The SMILES string of the molecule is C/C(Br)=C\c1c(NC=O)nc(C)nc1NCc1cccc(C(F)(F)CO)c1F. The number of aliphatic hydroxyl groups excluding tert-OH is 1. The lowest BCUT2D eigenvalue weighted by Gasteiger charge is -2.17. The third-order valence-corrected chi connectivity index (χ3v) is 3.94. The Hall–Kier alpha value is -2.46. The number of alkyl halides is 2. The van der Waals surface area contributed by atoms with Gasteiger partial charge in [0, 0.05) is 12.1 Å². The molecule has 150 valence electrons. The maximum Gasteiger partial charge on any atom is 0.298 e. The van der Waals surface area contributed by atoms with Crippen LogP contribution in [-0.4, -0.2) is 28.1 Å². The Morgan fingerprint density at radius 1 is 1.32 bits per heavy atom. The number of allylic oxidation sites excluding steroid dienone is 1. The van der Waals surface area contributed by atoms with E-state index in [-0.39, 0.29) is 23.7 Å². The summed E-state index contributed by atoms with van der Waals surface area (Å²) in [6, 6.07) is 3.56. The van der Waals surface area contributed by atoms with Crippen LogP contribution in [0.15, 0.2) is 22.7 Å². The molecule has 0 saturated carbocycles. The van der Waals surface area contributed by atoms with Crippen LogP contribution in [0.5, 0.6) is 0 Å². The number of benzene rings is 1. The summed E-state index contributed by atoms with van der Waals surface area (Å²) in [5.41, 5.74) is -0.477. The molecule has 1 aromatic carbocycles. The number of carbonyl (C=O) groups excluding carboxylic acids is 1. The van der Waals surface area contributed by atoms with Crippen LogP contribution in [-0.2, 0) is 17.3 Å². The van der Waals surface area contributed by atoms with Crippen LogP contribution in [0.25, 0.3) is 6.08 Å². The monoisotopic (exact) mass is 458 g/mol. The molecule has 1 heterocycles. The Bertz CT molecular complexity index is 903. The van der Waals surface area contributed by atoms with Crippen molar-refractivity contribution in [1.29, 1.82) is 0 Å². The van der Waals surface area contributed by atoms with E-state index >= 15 is 0 Å². The topological polar surface area (TPSA) is 87.1 Å². The lowest BCUT2D eigenvalue weighted by Crippen LogP contribution is -2.21. The van der Waals surface area contributed by atoms with Gasteiger partial charge < -0.3 is 15.7 Å². The second kappa shape index (κ2) is 9.16. The predicted molar refractivity (Wildman–Crippen MR) is 104 cm³/mol. The van der Waals surface area contributed by atoms with Crippen molar-refractivity contribution in [2.45, 2.75) is 26.3 Å². The van der Waals surface area contributed by atoms with Gasteiger partial charge in [0.1, 0.15) is 29.9 Å². The van der Waals surface area contributed by atoms with Crippen molar-refractivity contribution in [3.05, 3.63) is 51.0 Å². The quantitative estimate of drug-likeness (QED) is 0.521. The van der Waals surface area contributed by atoms with Crippen molar-refractivity contribution in [1.82, 2.24) is 9.97 Å². The molecule has 0 aliphatic carbocycles. The molecule has 2 rings (SSSR count). The number of aryl methyl sites for hydroxylation is 1. The molecule has 0 unspecified atom stereocenters. The van der Waals surface area contributed by atoms with Gasteiger partial charge in [-0.05, 0) is 30.5 Å². The normalized spacial score (nSPS) is 12.0. The molecule has 0 radical (unpaired) electrons. The largest absolute Gasteiger partial charge is 0.390 e. The molecule has 0 saturated heterocycles. The van der Waals surface area contributed by atoms with E-state index in [9.17, 15) is 18.0 Å². The van der Waals surface area contributed by atoms with Gasteiger partial charge in [-0.2, -0.15) is 8.78 Å². The Morgan fingerprint density at radius 2 is 2.00 bits per heavy atom. The molecule has 1 amide bonds.